The molecular formula is C24H17F2N3O3S. The fourth-order valence-electron chi connectivity index (χ4n) is 3.32. The molecule has 9 heteroatoms. The average Bonchev–Trinajstić information content (AvgIpc) is 3.44. The molecule has 33 heavy (non-hydrogen) atoms. The van der Waals surface area contributed by atoms with E-state index in [9.17, 15) is 23.6 Å². The van der Waals surface area contributed by atoms with E-state index in [4.69, 9.17) is 4.42 Å². The van der Waals surface area contributed by atoms with Crippen molar-refractivity contribution in [2.45, 2.75) is 18.2 Å². The molecule has 1 aliphatic heterocycles. The lowest BCUT2D eigenvalue weighted by atomic mass is 10.1. The van der Waals surface area contributed by atoms with Gasteiger partial charge >= 0.3 is 0 Å². The number of nitrogens with one attached hydrogen (secondary N) is 1. The van der Waals surface area contributed by atoms with Crippen molar-refractivity contribution in [3.05, 3.63) is 100 Å². The Labute approximate surface area is 192 Å². The highest BCUT2D eigenvalue weighted by Gasteiger charge is 2.40. The molecule has 4 rings (SSSR count). The van der Waals surface area contributed by atoms with Crippen LogP contribution in [0.25, 0.3) is 0 Å². The summed E-state index contributed by atoms with van der Waals surface area (Å²) in [4.78, 5) is 27.4. The van der Waals surface area contributed by atoms with E-state index in [1.165, 1.54) is 47.6 Å². The Kier molecular flexibility index (Phi) is 6.56. The summed E-state index contributed by atoms with van der Waals surface area (Å²) in [5, 5.41) is 11.9. The smallest absolute Gasteiger partial charge is 0.265 e. The molecule has 1 fully saturated rings. The molecule has 1 aliphatic rings. The summed E-state index contributed by atoms with van der Waals surface area (Å²) in [6.45, 7) is 0.0679. The van der Waals surface area contributed by atoms with Crippen LogP contribution in [0.1, 0.15) is 11.3 Å². The van der Waals surface area contributed by atoms with Gasteiger partial charge in [0.15, 0.2) is 0 Å². The van der Waals surface area contributed by atoms with Crippen LogP contribution in [0.2, 0.25) is 0 Å². The third-order valence-electron chi connectivity index (χ3n) is 4.93. The van der Waals surface area contributed by atoms with Crippen LogP contribution >= 0.6 is 11.8 Å². The van der Waals surface area contributed by atoms with Gasteiger partial charge in [-0.2, -0.15) is 5.26 Å². The number of nitrogens with zero attached hydrogens (tertiary/aromatic N) is 2. The fourth-order valence-corrected chi connectivity index (χ4v) is 4.62. The highest BCUT2D eigenvalue weighted by atomic mass is 32.2. The van der Waals surface area contributed by atoms with Gasteiger partial charge in [0.25, 0.3) is 5.91 Å². The second-order valence-corrected chi connectivity index (χ2v) is 8.33. The van der Waals surface area contributed by atoms with E-state index >= 15 is 0 Å². The Morgan fingerprint density at radius 2 is 1.76 bits per heavy atom. The van der Waals surface area contributed by atoms with Crippen molar-refractivity contribution in [3.63, 3.8) is 0 Å². The molecular weight excluding hydrogens is 448 g/mol. The van der Waals surface area contributed by atoms with Crippen LogP contribution in [-0.4, -0.2) is 17.1 Å². The van der Waals surface area contributed by atoms with E-state index in [0.717, 1.165) is 17.3 Å². The first-order valence-corrected chi connectivity index (χ1v) is 10.8. The quantitative estimate of drug-likeness (QED) is 0.433. The highest BCUT2D eigenvalue weighted by Crippen LogP contribution is 2.42. The van der Waals surface area contributed by atoms with E-state index in [0.29, 0.717) is 11.4 Å². The maximum atomic E-state index is 13.5. The molecule has 0 radical (unpaired) electrons. The van der Waals surface area contributed by atoms with Crippen molar-refractivity contribution >= 4 is 29.3 Å². The Morgan fingerprint density at radius 3 is 2.36 bits per heavy atom. The van der Waals surface area contributed by atoms with E-state index < -0.39 is 22.8 Å². The molecule has 0 saturated carbocycles. The average molecular weight is 465 g/mol. The van der Waals surface area contributed by atoms with Crippen LogP contribution in [0.4, 0.5) is 14.5 Å². The highest BCUT2D eigenvalue weighted by molar-refractivity contribution is 8.05. The third kappa shape index (κ3) is 4.96. The van der Waals surface area contributed by atoms with Crippen molar-refractivity contribution < 1.29 is 22.8 Å². The van der Waals surface area contributed by atoms with E-state index in [2.05, 4.69) is 5.32 Å². The number of anilines is 1. The summed E-state index contributed by atoms with van der Waals surface area (Å²) < 4.78 is 31.9. The summed E-state index contributed by atoms with van der Waals surface area (Å²) in [5.41, 5.74) is 0.811. The molecule has 0 bridgehead atoms. The number of carbonyl (C=O) groups excluding carboxylic acids is 2. The van der Waals surface area contributed by atoms with Crippen molar-refractivity contribution in [3.8, 4) is 6.07 Å². The molecule has 2 aromatic carbocycles. The summed E-state index contributed by atoms with van der Waals surface area (Å²) in [5.74, 6) is -1.40. The van der Waals surface area contributed by atoms with Crippen LogP contribution in [0, 0.1) is 23.0 Å². The van der Waals surface area contributed by atoms with Gasteiger partial charge in [-0.1, -0.05) is 23.9 Å². The minimum atomic E-state index is -0.668. The molecule has 1 atom stereocenters. The molecule has 1 unspecified atom stereocenters. The molecule has 0 spiro atoms. The van der Waals surface area contributed by atoms with Gasteiger partial charge in [0.05, 0.1) is 18.1 Å². The maximum Gasteiger partial charge on any atom is 0.265 e. The van der Waals surface area contributed by atoms with Crippen LogP contribution in [0.3, 0.4) is 0 Å². The fraction of sp³-hybridized carbons (Fsp3) is 0.125. The van der Waals surface area contributed by atoms with Crippen LogP contribution in [0.15, 0.2) is 81.9 Å². The Hall–Kier alpha value is -3.90. The number of hydrogen-bond acceptors (Lipinski definition) is 5. The Balaban J connectivity index is 1.67. The minimum Gasteiger partial charge on any atom is -0.467 e. The SMILES string of the molecule is N#C/C(C(=O)NCc1ccco1)=C1/SC(Cc2ccc(F)cc2)C(=O)N1c1ccc(F)cc1. The number of nitriles is 1. The monoisotopic (exact) mass is 465 g/mol. The molecule has 1 saturated heterocycles. The van der Waals surface area contributed by atoms with Gasteiger partial charge in [-0.05, 0) is 60.5 Å². The minimum absolute atomic E-state index is 0.0679. The zero-order chi connectivity index (χ0) is 23.4. The van der Waals surface area contributed by atoms with Gasteiger partial charge in [0.1, 0.15) is 34.1 Å². The van der Waals surface area contributed by atoms with E-state index in [1.54, 1.807) is 24.3 Å². The van der Waals surface area contributed by atoms with Gasteiger partial charge in [-0.15, -0.1) is 0 Å². The Morgan fingerprint density at radius 1 is 1.09 bits per heavy atom. The number of thioether (sulfide) groups is 1. The Bertz CT molecular complexity index is 1230. The van der Waals surface area contributed by atoms with Gasteiger partial charge in [0, 0.05) is 5.69 Å². The lowest BCUT2D eigenvalue weighted by Crippen LogP contribution is -2.32. The summed E-state index contributed by atoms with van der Waals surface area (Å²) in [7, 11) is 0. The third-order valence-corrected chi connectivity index (χ3v) is 6.19. The first-order valence-electron chi connectivity index (χ1n) is 9.92. The molecule has 6 nitrogen and oxygen atoms in total. The number of benzene rings is 2. The summed E-state index contributed by atoms with van der Waals surface area (Å²) in [6, 6.07) is 16.2. The summed E-state index contributed by atoms with van der Waals surface area (Å²) in [6.07, 6.45) is 1.73. The number of carbonyl (C=O) groups is 2. The maximum absolute atomic E-state index is 13.5. The second-order valence-electron chi connectivity index (χ2n) is 7.14. The van der Waals surface area contributed by atoms with E-state index in [1.807, 2.05) is 6.07 Å². The molecule has 1 N–H and O–H groups in total. The molecule has 166 valence electrons. The topological polar surface area (TPSA) is 86.3 Å². The van der Waals surface area contributed by atoms with Crippen molar-refractivity contribution in [1.82, 2.24) is 5.32 Å². The van der Waals surface area contributed by atoms with Crippen LogP contribution < -0.4 is 10.2 Å². The normalized spacial score (nSPS) is 17.1. The second kappa shape index (κ2) is 9.71. The first-order chi connectivity index (χ1) is 16.0. The predicted molar refractivity (Wildman–Crippen MR) is 119 cm³/mol. The lowest BCUT2D eigenvalue weighted by molar-refractivity contribution is -0.117. The van der Waals surface area contributed by atoms with Gasteiger partial charge in [-0.3, -0.25) is 14.5 Å². The molecule has 3 aromatic rings. The molecule has 2 amide bonds. The number of halogens is 2. The van der Waals surface area contributed by atoms with Gasteiger partial charge in [0.2, 0.25) is 5.91 Å². The number of furan rings is 1. The van der Waals surface area contributed by atoms with Crippen LogP contribution in [0.5, 0.6) is 0 Å². The molecule has 0 aliphatic carbocycles. The number of hydrogen-bond donors (Lipinski definition) is 1. The summed E-state index contributed by atoms with van der Waals surface area (Å²) >= 11 is 1.07. The number of amides is 2. The molecule has 2 heterocycles. The predicted octanol–water partition coefficient (Wildman–Crippen LogP) is 4.30. The number of rotatable bonds is 6. The standard InChI is InChI=1S/C24H17F2N3O3S/c25-16-5-3-15(4-6-16)12-21-23(31)29(18-9-7-17(26)8-10-18)24(33-21)20(13-27)22(30)28-14-19-2-1-11-32-19/h1-11,21H,12,14H2,(H,28,30)/b24-20-. The van der Waals surface area contributed by atoms with E-state index in [-0.39, 0.29) is 29.5 Å². The van der Waals surface area contributed by atoms with Gasteiger partial charge in [-0.25, -0.2) is 8.78 Å². The van der Waals surface area contributed by atoms with Crippen molar-refractivity contribution in [2.24, 2.45) is 0 Å². The lowest BCUT2D eigenvalue weighted by Gasteiger charge is -2.18. The first kappa shape index (κ1) is 22.3. The zero-order valence-electron chi connectivity index (χ0n) is 17.1. The molecule has 1 aromatic heterocycles. The van der Waals surface area contributed by atoms with Gasteiger partial charge < -0.3 is 9.73 Å². The van der Waals surface area contributed by atoms with Crippen molar-refractivity contribution in [2.75, 3.05) is 4.90 Å². The largest absolute Gasteiger partial charge is 0.467 e. The van der Waals surface area contributed by atoms with Crippen molar-refractivity contribution in [1.29, 1.82) is 5.26 Å². The van der Waals surface area contributed by atoms with Crippen LogP contribution in [-0.2, 0) is 22.6 Å². The zero-order valence-corrected chi connectivity index (χ0v) is 17.9.